The number of halogens is 5. The molecule has 0 saturated heterocycles. The van der Waals surface area contributed by atoms with Crippen LogP contribution in [0.1, 0.15) is 5.56 Å². The summed E-state index contributed by atoms with van der Waals surface area (Å²) < 4.78 is 48.2. The molecule has 0 aromatic heterocycles. The minimum atomic E-state index is -4.56. The van der Waals surface area contributed by atoms with Crippen LogP contribution in [0.2, 0.25) is 5.02 Å². The van der Waals surface area contributed by atoms with E-state index < -0.39 is 34.2 Å². The van der Waals surface area contributed by atoms with Gasteiger partial charge < -0.3 is 9.47 Å². The lowest BCUT2D eigenvalue weighted by molar-refractivity contribution is -0.385. The molecule has 0 saturated carbocycles. The zero-order valence-corrected chi connectivity index (χ0v) is 14.1. The monoisotopic (exact) mass is 409 g/mol. The highest BCUT2D eigenvalue weighted by atomic mass is 35.5. The van der Waals surface area contributed by atoms with Crippen LogP contribution in [0.3, 0.4) is 0 Å². The van der Waals surface area contributed by atoms with E-state index in [4.69, 9.17) is 32.7 Å². The average Bonchev–Trinajstić information content (AvgIpc) is 2.53. The van der Waals surface area contributed by atoms with Crippen molar-refractivity contribution in [3.63, 3.8) is 0 Å². The predicted molar refractivity (Wildman–Crippen MR) is 86.0 cm³/mol. The Morgan fingerprint density at radius 1 is 1.15 bits per heavy atom. The molecule has 138 valence electrons. The van der Waals surface area contributed by atoms with Crippen LogP contribution in [0.5, 0.6) is 17.2 Å². The van der Waals surface area contributed by atoms with Crippen molar-refractivity contribution in [3.05, 3.63) is 57.1 Å². The Morgan fingerprint density at radius 3 is 2.38 bits per heavy atom. The Labute approximate surface area is 154 Å². The van der Waals surface area contributed by atoms with Gasteiger partial charge >= 0.3 is 11.9 Å². The molecule has 0 N–H and O–H groups in total. The molecule has 0 aliphatic carbocycles. The normalized spacial score (nSPS) is 11.1. The molecular formula is C15H8Cl2F3NO5. The average molecular weight is 410 g/mol. The number of nitrogens with zero attached hydrogens (tertiary/aromatic N) is 1. The highest BCUT2D eigenvalue weighted by Gasteiger charge is 2.31. The van der Waals surface area contributed by atoms with Crippen molar-refractivity contribution in [2.75, 3.05) is 6.61 Å². The highest BCUT2D eigenvalue weighted by Crippen LogP contribution is 2.38. The first-order valence-electron chi connectivity index (χ1n) is 6.72. The van der Waals surface area contributed by atoms with E-state index in [1.54, 1.807) is 0 Å². The first-order valence-corrected chi connectivity index (χ1v) is 7.47. The van der Waals surface area contributed by atoms with Gasteiger partial charge in [0.05, 0.1) is 15.5 Å². The predicted octanol–water partition coefficient (Wildman–Crippen LogP) is 5.20. The second-order valence-corrected chi connectivity index (χ2v) is 5.60. The van der Waals surface area contributed by atoms with Gasteiger partial charge in [0.2, 0.25) is 5.75 Å². The molecular weight excluding hydrogens is 402 g/mol. The molecule has 0 heterocycles. The molecule has 11 heteroatoms. The molecule has 0 aliphatic heterocycles. The van der Waals surface area contributed by atoms with Crippen molar-refractivity contribution < 1.29 is 32.4 Å². The summed E-state index contributed by atoms with van der Waals surface area (Å²) in [6.45, 7) is -0.618. The molecule has 0 bridgehead atoms. The number of nitro groups is 1. The van der Waals surface area contributed by atoms with E-state index in [9.17, 15) is 28.1 Å². The van der Waals surface area contributed by atoms with E-state index in [-0.39, 0.29) is 22.3 Å². The summed E-state index contributed by atoms with van der Waals surface area (Å²) in [6, 6.07) is 5.80. The van der Waals surface area contributed by atoms with Gasteiger partial charge in [-0.1, -0.05) is 11.6 Å². The molecule has 0 spiro atoms. The fraction of sp³-hybridized carbons (Fsp3) is 0.133. The third kappa shape index (κ3) is 4.99. The fourth-order valence-corrected chi connectivity index (χ4v) is 2.12. The number of hydrogen-bond acceptors (Lipinski definition) is 5. The van der Waals surface area contributed by atoms with Crippen LogP contribution in [-0.4, -0.2) is 16.8 Å². The van der Waals surface area contributed by atoms with Crippen LogP contribution in [0.4, 0.5) is 18.9 Å². The van der Waals surface area contributed by atoms with Gasteiger partial charge in [0.15, 0.2) is 6.61 Å². The lowest BCUT2D eigenvalue weighted by Gasteiger charge is -2.12. The van der Waals surface area contributed by atoms with Gasteiger partial charge in [-0.15, -0.1) is 0 Å². The Hall–Kier alpha value is -2.52. The molecule has 0 aliphatic rings. The third-order valence-corrected chi connectivity index (χ3v) is 3.36. The van der Waals surface area contributed by atoms with Gasteiger partial charge in [-0.05, 0) is 35.9 Å². The summed E-state index contributed by atoms with van der Waals surface area (Å²) in [4.78, 5) is 21.0. The number of ether oxygens (including phenoxy) is 2. The number of alkyl halides is 3. The summed E-state index contributed by atoms with van der Waals surface area (Å²) in [5.41, 5.74) is -1.41. The number of rotatable bonds is 6. The summed E-state index contributed by atoms with van der Waals surface area (Å²) in [6.07, 6.45) is -4.56. The van der Waals surface area contributed by atoms with Crippen molar-refractivity contribution in [3.8, 4) is 17.2 Å². The fourth-order valence-electron chi connectivity index (χ4n) is 1.85. The van der Waals surface area contributed by atoms with E-state index in [0.717, 1.165) is 24.3 Å². The SMILES string of the molecule is O=C(Cl)COc1cc(Oc2ccc(C(F)(F)F)cc2Cl)ccc1[N+](=O)[O-]. The minimum absolute atomic E-state index is 0.00530. The number of nitro benzene ring substituents is 1. The van der Waals surface area contributed by atoms with Crippen LogP contribution >= 0.6 is 23.2 Å². The van der Waals surface area contributed by atoms with Crippen molar-refractivity contribution in [1.82, 2.24) is 0 Å². The third-order valence-electron chi connectivity index (χ3n) is 2.96. The van der Waals surface area contributed by atoms with E-state index in [1.807, 2.05) is 0 Å². The maximum absolute atomic E-state index is 12.6. The molecule has 2 aromatic carbocycles. The van der Waals surface area contributed by atoms with Gasteiger partial charge in [0.25, 0.3) is 5.24 Å². The van der Waals surface area contributed by atoms with Gasteiger partial charge in [-0.2, -0.15) is 13.2 Å². The summed E-state index contributed by atoms with van der Waals surface area (Å²) >= 11 is 10.9. The zero-order chi connectivity index (χ0) is 19.5. The van der Waals surface area contributed by atoms with Gasteiger partial charge in [-0.3, -0.25) is 14.9 Å². The van der Waals surface area contributed by atoms with Crippen LogP contribution in [-0.2, 0) is 11.0 Å². The first-order chi connectivity index (χ1) is 12.1. The van der Waals surface area contributed by atoms with E-state index in [0.29, 0.717) is 6.07 Å². The number of hydrogen-bond donors (Lipinski definition) is 0. The molecule has 0 radical (unpaired) electrons. The largest absolute Gasteiger partial charge is 0.477 e. The maximum atomic E-state index is 12.6. The van der Waals surface area contributed by atoms with Crippen LogP contribution in [0, 0.1) is 10.1 Å². The van der Waals surface area contributed by atoms with Crippen molar-refractivity contribution in [2.24, 2.45) is 0 Å². The molecule has 2 rings (SSSR count). The molecule has 26 heavy (non-hydrogen) atoms. The van der Waals surface area contributed by atoms with E-state index in [1.165, 1.54) is 6.07 Å². The molecule has 0 atom stereocenters. The van der Waals surface area contributed by atoms with Gasteiger partial charge in [0.1, 0.15) is 11.5 Å². The van der Waals surface area contributed by atoms with Crippen LogP contribution < -0.4 is 9.47 Å². The quantitative estimate of drug-likeness (QED) is 0.372. The molecule has 0 fully saturated rings. The maximum Gasteiger partial charge on any atom is 0.416 e. The topological polar surface area (TPSA) is 78.7 Å². The molecule has 6 nitrogen and oxygen atoms in total. The van der Waals surface area contributed by atoms with Gasteiger partial charge in [-0.25, -0.2) is 0 Å². The van der Waals surface area contributed by atoms with Crippen LogP contribution in [0.25, 0.3) is 0 Å². The second-order valence-electron chi connectivity index (χ2n) is 4.78. The number of carbonyl (C=O) groups excluding carboxylic acids is 1. The van der Waals surface area contributed by atoms with Crippen LogP contribution in [0.15, 0.2) is 36.4 Å². The lowest BCUT2D eigenvalue weighted by Crippen LogP contribution is -2.06. The van der Waals surface area contributed by atoms with Crippen molar-refractivity contribution in [2.45, 2.75) is 6.18 Å². The Morgan fingerprint density at radius 2 is 1.85 bits per heavy atom. The van der Waals surface area contributed by atoms with E-state index >= 15 is 0 Å². The summed E-state index contributed by atoms with van der Waals surface area (Å²) in [5.74, 6) is -0.410. The second kappa shape index (κ2) is 7.79. The number of carbonyl (C=O) groups is 1. The van der Waals surface area contributed by atoms with Gasteiger partial charge in [0, 0.05) is 12.1 Å². The minimum Gasteiger partial charge on any atom is -0.477 e. The Bertz CT molecular complexity index is 858. The summed E-state index contributed by atoms with van der Waals surface area (Å²) in [5, 5.41) is 9.77. The number of benzene rings is 2. The standard InChI is InChI=1S/C15H8Cl2F3NO5/c16-10-5-8(15(18,19)20)1-4-12(10)26-9-2-3-11(21(23)24)13(6-9)25-7-14(17)22/h1-6H,7H2. The Kier molecular flexibility index (Phi) is 5.94. The smallest absolute Gasteiger partial charge is 0.416 e. The molecule has 0 amide bonds. The molecule has 2 aromatic rings. The van der Waals surface area contributed by atoms with E-state index in [2.05, 4.69) is 0 Å². The highest BCUT2D eigenvalue weighted by molar-refractivity contribution is 6.63. The zero-order valence-electron chi connectivity index (χ0n) is 12.5. The molecule has 0 unspecified atom stereocenters. The Balaban J connectivity index is 2.30. The lowest BCUT2D eigenvalue weighted by atomic mass is 10.2. The summed E-state index contributed by atoms with van der Waals surface area (Å²) in [7, 11) is 0. The van der Waals surface area contributed by atoms with Crippen molar-refractivity contribution in [1.29, 1.82) is 0 Å². The van der Waals surface area contributed by atoms with Crippen molar-refractivity contribution >= 4 is 34.1 Å². The first kappa shape index (κ1) is 19.8.